The summed E-state index contributed by atoms with van der Waals surface area (Å²) in [7, 11) is 0. The number of ether oxygens (including phenoxy) is 1. The number of aromatic nitrogens is 3. The number of hydrogen-bond donors (Lipinski definition) is 0. The topological polar surface area (TPSA) is 77.3 Å². The van der Waals surface area contributed by atoms with Crippen LogP contribution in [0.15, 0.2) is 35.4 Å². The van der Waals surface area contributed by atoms with Gasteiger partial charge in [0.25, 0.3) is 5.56 Å². The van der Waals surface area contributed by atoms with Crippen molar-refractivity contribution in [3.8, 4) is 0 Å². The molecule has 0 unspecified atom stereocenters. The molecule has 0 aliphatic carbocycles. The molecule has 9 heteroatoms. The summed E-state index contributed by atoms with van der Waals surface area (Å²) in [4.78, 5) is 35.9. The molecule has 0 spiro atoms. The molecular weight excluding hydrogens is 376 g/mol. The number of morpholine rings is 1. The maximum absolute atomic E-state index is 12.7. The highest BCUT2D eigenvalue weighted by Crippen LogP contribution is 2.25. The Morgan fingerprint density at radius 2 is 1.96 bits per heavy atom. The van der Waals surface area contributed by atoms with Gasteiger partial charge in [-0.1, -0.05) is 22.9 Å². The van der Waals surface area contributed by atoms with Crippen molar-refractivity contribution in [3.05, 3.63) is 51.5 Å². The summed E-state index contributed by atoms with van der Waals surface area (Å²) >= 11 is 7.14. The fraction of sp³-hybridized carbons (Fsp3) is 0.294. The van der Waals surface area contributed by atoms with Crippen LogP contribution in [0.4, 0.5) is 5.13 Å². The lowest BCUT2D eigenvalue weighted by molar-refractivity contribution is 0.0970. The third kappa shape index (κ3) is 3.35. The monoisotopic (exact) mass is 390 g/mol. The van der Waals surface area contributed by atoms with E-state index in [1.807, 2.05) is 0 Å². The second-order valence-corrected chi connectivity index (χ2v) is 7.27. The van der Waals surface area contributed by atoms with Crippen LogP contribution < -0.4 is 10.5 Å². The molecule has 1 saturated heterocycles. The van der Waals surface area contributed by atoms with Crippen LogP contribution in [0.5, 0.6) is 0 Å². The van der Waals surface area contributed by atoms with E-state index in [0.717, 1.165) is 18.2 Å². The first-order chi connectivity index (χ1) is 12.6. The van der Waals surface area contributed by atoms with Gasteiger partial charge in [0.05, 0.1) is 19.8 Å². The number of carbonyl (C=O) groups excluding carboxylic acids is 1. The average Bonchev–Trinajstić information content (AvgIpc) is 3.10. The van der Waals surface area contributed by atoms with Gasteiger partial charge in [0.15, 0.2) is 16.6 Å². The van der Waals surface area contributed by atoms with Crippen molar-refractivity contribution in [2.24, 2.45) is 0 Å². The maximum atomic E-state index is 12.7. The van der Waals surface area contributed by atoms with Crippen LogP contribution >= 0.6 is 22.9 Å². The molecule has 1 fully saturated rings. The standard InChI is InChI=1S/C17H15ClN4O3S/c18-12-3-1-11(2-4-12)13(23)9-22-10-19-15-14(16(22)24)26-17(20-15)21-5-7-25-8-6-21/h1-4,10H,5-9H2. The number of anilines is 1. The molecule has 0 atom stereocenters. The molecule has 1 aliphatic rings. The van der Waals surface area contributed by atoms with Gasteiger partial charge in [0.1, 0.15) is 11.0 Å². The minimum absolute atomic E-state index is 0.0752. The van der Waals surface area contributed by atoms with Crippen molar-refractivity contribution >= 4 is 44.2 Å². The molecule has 3 heterocycles. The first kappa shape index (κ1) is 17.1. The summed E-state index contributed by atoms with van der Waals surface area (Å²) in [5, 5.41) is 1.32. The Hall–Kier alpha value is -2.29. The first-order valence-electron chi connectivity index (χ1n) is 8.09. The minimum atomic E-state index is -0.255. The summed E-state index contributed by atoms with van der Waals surface area (Å²) in [5.41, 5.74) is 0.658. The fourth-order valence-corrected chi connectivity index (χ4v) is 3.87. The lowest BCUT2D eigenvalue weighted by Gasteiger charge is -2.25. The smallest absolute Gasteiger partial charge is 0.273 e. The van der Waals surface area contributed by atoms with Gasteiger partial charge in [-0.3, -0.25) is 14.2 Å². The molecule has 1 aliphatic heterocycles. The number of halogens is 1. The Bertz CT molecular complexity index is 1010. The summed E-state index contributed by atoms with van der Waals surface area (Å²) < 4.78 is 7.12. The molecule has 134 valence electrons. The van der Waals surface area contributed by atoms with E-state index in [0.29, 0.717) is 34.1 Å². The Morgan fingerprint density at radius 3 is 2.69 bits per heavy atom. The number of nitrogens with zero attached hydrogens (tertiary/aromatic N) is 4. The van der Waals surface area contributed by atoms with E-state index >= 15 is 0 Å². The van der Waals surface area contributed by atoms with Crippen LogP contribution in [0.3, 0.4) is 0 Å². The molecule has 26 heavy (non-hydrogen) atoms. The van der Waals surface area contributed by atoms with E-state index in [2.05, 4.69) is 14.9 Å². The maximum Gasteiger partial charge on any atom is 0.273 e. The predicted octanol–water partition coefficient (Wildman–Crippen LogP) is 2.23. The van der Waals surface area contributed by atoms with E-state index in [1.165, 1.54) is 22.2 Å². The second kappa shape index (κ2) is 7.14. The van der Waals surface area contributed by atoms with Crippen LogP contribution in [-0.2, 0) is 11.3 Å². The fourth-order valence-electron chi connectivity index (χ4n) is 2.72. The van der Waals surface area contributed by atoms with Gasteiger partial charge in [-0.15, -0.1) is 0 Å². The average molecular weight is 391 g/mol. The molecule has 0 bridgehead atoms. The van der Waals surface area contributed by atoms with E-state index in [9.17, 15) is 9.59 Å². The van der Waals surface area contributed by atoms with Crippen molar-refractivity contribution in [2.45, 2.75) is 6.54 Å². The van der Waals surface area contributed by atoms with Crippen molar-refractivity contribution in [1.29, 1.82) is 0 Å². The summed E-state index contributed by atoms with van der Waals surface area (Å²) in [6.07, 6.45) is 1.38. The zero-order chi connectivity index (χ0) is 18.1. The lowest BCUT2D eigenvalue weighted by Crippen LogP contribution is -2.36. The van der Waals surface area contributed by atoms with Crippen LogP contribution in [0.1, 0.15) is 10.4 Å². The molecule has 0 N–H and O–H groups in total. The van der Waals surface area contributed by atoms with Crippen LogP contribution in [0, 0.1) is 0 Å². The van der Waals surface area contributed by atoms with Crippen LogP contribution in [0.2, 0.25) is 5.02 Å². The molecule has 1 aromatic carbocycles. The Balaban J connectivity index is 1.61. The first-order valence-corrected chi connectivity index (χ1v) is 9.29. The highest BCUT2D eigenvalue weighted by molar-refractivity contribution is 7.22. The third-order valence-corrected chi connectivity index (χ3v) is 5.48. The van der Waals surface area contributed by atoms with Gasteiger partial charge >= 0.3 is 0 Å². The lowest BCUT2D eigenvalue weighted by atomic mass is 10.1. The number of fused-ring (bicyclic) bond motifs is 1. The van der Waals surface area contributed by atoms with E-state index in [1.54, 1.807) is 24.3 Å². The number of hydrogen-bond acceptors (Lipinski definition) is 7. The molecular formula is C17H15ClN4O3S. The normalized spacial score (nSPS) is 14.7. The molecule has 0 amide bonds. The highest BCUT2D eigenvalue weighted by atomic mass is 35.5. The number of thiazole rings is 1. The van der Waals surface area contributed by atoms with Crippen molar-refractivity contribution in [2.75, 3.05) is 31.2 Å². The predicted molar refractivity (Wildman–Crippen MR) is 100 cm³/mol. The van der Waals surface area contributed by atoms with Crippen LogP contribution in [0.25, 0.3) is 10.3 Å². The van der Waals surface area contributed by atoms with Crippen molar-refractivity contribution in [3.63, 3.8) is 0 Å². The van der Waals surface area contributed by atoms with Gasteiger partial charge in [0.2, 0.25) is 0 Å². The zero-order valence-electron chi connectivity index (χ0n) is 13.7. The number of rotatable bonds is 4. The molecule has 2 aromatic heterocycles. The van der Waals surface area contributed by atoms with Gasteiger partial charge in [-0.2, -0.15) is 4.98 Å². The number of carbonyl (C=O) groups is 1. The van der Waals surface area contributed by atoms with E-state index in [4.69, 9.17) is 16.3 Å². The van der Waals surface area contributed by atoms with Gasteiger partial charge in [0, 0.05) is 23.7 Å². The third-order valence-electron chi connectivity index (χ3n) is 4.13. The SMILES string of the molecule is O=C(Cn1cnc2nc(N3CCOCC3)sc2c1=O)c1ccc(Cl)cc1. The van der Waals surface area contributed by atoms with Gasteiger partial charge in [-0.25, -0.2) is 4.98 Å². The molecule has 4 rings (SSSR count). The number of Topliss-reactive ketones (excluding diaryl/α,β-unsaturated/α-hetero) is 1. The number of benzene rings is 1. The Labute approximate surface area is 157 Å². The van der Waals surface area contributed by atoms with Crippen LogP contribution in [-0.4, -0.2) is 46.6 Å². The largest absolute Gasteiger partial charge is 0.378 e. The van der Waals surface area contributed by atoms with Crippen molar-refractivity contribution in [1.82, 2.24) is 14.5 Å². The molecule has 0 saturated carbocycles. The minimum Gasteiger partial charge on any atom is -0.378 e. The Morgan fingerprint density at radius 1 is 1.23 bits per heavy atom. The Kier molecular flexibility index (Phi) is 4.71. The molecule has 7 nitrogen and oxygen atoms in total. The van der Waals surface area contributed by atoms with Crippen molar-refractivity contribution < 1.29 is 9.53 Å². The quantitative estimate of drug-likeness (QED) is 0.636. The number of ketones is 1. The zero-order valence-corrected chi connectivity index (χ0v) is 15.3. The summed E-state index contributed by atoms with van der Waals surface area (Å²) in [5.74, 6) is -0.178. The van der Waals surface area contributed by atoms with E-state index in [-0.39, 0.29) is 17.9 Å². The molecule has 0 radical (unpaired) electrons. The summed E-state index contributed by atoms with van der Waals surface area (Å²) in [6.45, 7) is 2.69. The molecule has 3 aromatic rings. The van der Waals surface area contributed by atoms with Gasteiger partial charge in [-0.05, 0) is 24.3 Å². The van der Waals surface area contributed by atoms with E-state index < -0.39 is 0 Å². The summed E-state index contributed by atoms with van der Waals surface area (Å²) in [6, 6.07) is 6.59. The van der Waals surface area contributed by atoms with Gasteiger partial charge < -0.3 is 9.64 Å². The highest BCUT2D eigenvalue weighted by Gasteiger charge is 2.18. The second-order valence-electron chi connectivity index (χ2n) is 5.86.